The average molecular weight is 1130 g/mol. The number of aromatic amines is 1. The quantitative estimate of drug-likeness (QED) is 0.0557. The summed E-state index contributed by atoms with van der Waals surface area (Å²) in [5.41, 5.74) is 7.46. The number of nitro benzene ring substituents is 1. The second-order valence-corrected chi connectivity index (χ2v) is 26.5. The van der Waals surface area contributed by atoms with Gasteiger partial charge in [-0.05, 0) is 173 Å². The lowest BCUT2D eigenvalue weighted by Gasteiger charge is -2.58. The van der Waals surface area contributed by atoms with Crippen LogP contribution in [0.1, 0.15) is 122 Å². The minimum atomic E-state index is -4.64. The Labute approximate surface area is 479 Å². The van der Waals surface area contributed by atoms with Crippen molar-refractivity contribution in [2.75, 3.05) is 74.7 Å². The highest BCUT2D eigenvalue weighted by Gasteiger charge is 2.50. The summed E-state index contributed by atoms with van der Waals surface area (Å²) in [6.07, 6.45) is 11.6. The van der Waals surface area contributed by atoms with Crippen LogP contribution in [0.15, 0.2) is 102 Å². The Balaban J connectivity index is 0.745. The highest BCUT2D eigenvalue weighted by Crippen LogP contribution is 2.54. The molecule has 0 radical (unpaired) electrons. The number of nitrogens with zero attached hydrogens (tertiary/aromatic N) is 6. The molecule has 18 nitrogen and oxygen atoms in total. The molecule has 432 valence electrons. The van der Waals surface area contributed by atoms with Gasteiger partial charge in [-0.3, -0.25) is 24.7 Å². The van der Waals surface area contributed by atoms with Gasteiger partial charge < -0.3 is 39.4 Å². The van der Waals surface area contributed by atoms with Gasteiger partial charge in [0.15, 0.2) is 0 Å². The summed E-state index contributed by atoms with van der Waals surface area (Å²) in [6, 6.07) is 29.4. The Morgan fingerprint density at radius 1 is 0.915 bits per heavy atom. The van der Waals surface area contributed by atoms with E-state index in [1.807, 2.05) is 37.4 Å². The smallest absolute Gasteiger partial charge is 0.293 e. The highest BCUT2D eigenvalue weighted by molar-refractivity contribution is 7.90. The number of rotatable bonds is 15. The molecule has 82 heavy (non-hydrogen) atoms. The molecule has 3 atom stereocenters. The van der Waals surface area contributed by atoms with Gasteiger partial charge in [-0.25, -0.2) is 13.1 Å². The third kappa shape index (κ3) is 10.8. The number of anilines is 4. The predicted octanol–water partition coefficient (Wildman–Crippen LogP) is 10.1. The summed E-state index contributed by atoms with van der Waals surface area (Å²) in [7, 11) is -2.84. The lowest BCUT2D eigenvalue weighted by Crippen LogP contribution is -2.59. The summed E-state index contributed by atoms with van der Waals surface area (Å²) in [5.74, 6) is 1.34. The molecule has 3 saturated carbocycles. The van der Waals surface area contributed by atoms with Crippen molar-refractivity contribution in [3.05, 3.63) is 135 Å². The molecule has 0 unspecified atom stereocenters. The zero-order valence-electron chi connectivity index (χ0n) is 47.1. The Hall–Kier alpha value is -6.77. The summed E-state index contributed by atoms with van der Waals surface area (Å²) in [4.78, 5) is 44.2. The van der Waals surface area contributed by atoms with Crippen LogP contribution in [0, 0.1) is 28.4 Å². The van der Waals surface area contributed by atoms with Crippen molar-refractivity contribution in [1.82, 2.24) is 24.5 Å². The van der Waals surface area contributed by atoms with Gasteiger partial charge in [0, 0.05) is 87.8 Å². The molecule has 3 aliphatic carbocycles. The molecular formula is C63H75N9O9S. The van der Waals surface area contributed by atoms with Gasteiger partial charge in [-0.2, -0.15) is 4.98 Å². The SMILES string of the molecule is COc1cc(CN2CCN(C3CC4(CCN(c5ccc(C(=O)NS(=O)(=O)c6ccc(NCC7CCC(C)(O)CC7)c([N+](=O)[O-])c6)c(N6c7cc8cc[nH]c8nc7O[C@H]7COCC[C@@H]76)c5)CC4)C3)[C@H](c3ccccc3C)C2)ccc1C1CC1. The van der Waals surface area contributed by atoms with Gasteiger partial charge in [-0.15, -0.1) is 0 Å². The first-order chi connectivity index (χ1) is 39.6. The van der Waals surface area contributed by atoms with Gasteiger partial charge in [-0.1, -0.05) is 36.4 Å². The molecule has 3 saturated heterocycles. The number of pyridine rings is 1. The van der Waals surface area contributed by atoms with E-state index in [1.54, 1.807) is 13.2 Å². The molecule has 4 aromatic carbocycles. The fourth-order valence-corrected chi connectivity index (χ4v) is 15.4. The van der Waals surface area contributed by atoms with Crippen LogP contribution in [0.3, 0.4) is 0 Å². The van der Waals surface area contributed by atoms with E-state index < -0.39 is 43.1 Å². The minimum Gasteiger partial charge on any atom is -0.496 e. The zero-order valence-corrected chi connectivity index (χ0v) is 48.0. The molecule has 6 heterocycles. The van der Waals surface area contributed by atoms with E-state index in [9.17, 15) is 28.4 Å². The van der Waals surface area contributed by atoms with Crippen LogP contribution in [-0.4, -0.2) is 128 Å². The third-order valence-corrected chi connectivity index (χ3v) is 20.7. The van der Waals surface area contributed by atoms with Gasteiger partial charge in [0.1, 0.15) is 28.9 Å². The third-order valence-electron chi connectivity index (χ3n) is 19.3. The number of carbonyl (C=O) groups is 1. The largest absolute Gasteiger partial charge is 0.496 e. The number of aliphatic hydroxyl groups is 1. The number of amides is 1. The molecule has 19 heteroatoms. The van der Waals surface area contributed by atoms with E-state index in [1.165, 1.54) is 47.2 Å². The normalized spacial score (nSPS) is 25.0. The van der Waals surface area contributed by atoms with Gasteiger partial charge in [0.25, 0.3) is 21.6 Å². The molecule has 2 aromatic heterocycles. The topological polar surface area (TPSA) is 208 Å². The molecule has 4 aliphatic heterocycles. The maximum Gasteiger partial charge on any atom is 0.293 e. The summed E-state index contributed by atoms with van der Waals surface area (Å²) >= 11 is 0. The van der Waals surface area contributed by atoms with Crippen molar-refractivity contribution in [1.29, 1.82) is 0 Å². The Morgan fingerprint density at radius 3 is 2.49 bits per heavy atom. The number of sulfonamides is 1. The fraction of sp³-hybridized carbons (Fsp3) is 0.492. The van der Waals surface area contributed by atoms with Gasteiger partial charge >= 0.3 is 0 Å². The van der Waals surface area contributed by atoms with Crippen LogP contribution in [0.2, 0.25) is 0 Å². The number of nitrogens with one attached hydrogen (secondary N) is 3. The monoisotopic (exact) mass is 1130 g/mol. The van der Waals surface area contributed by atoms with E-state index in [4.69, 9.17) is 19.2 Å². The number of ether oxygens (including phenoxy) is 3. The second-order valence-electron chi connectivity index (χ2n) is 24.8. The van der Waals surface area contributed by atoms with E-state index >= 15 is 0 Å². The molecule has 0 bridgehead atoms. The van der Waals surface area contributed by atoms with E-state index in [0.717, 1.165) is 101 Å². The maximum absolute atomic E-state index is 14.8. The van der Waals surface area contributed by atoms with Crippen LogP contribution in [0.4, 0.5) is 28.4 Å². The van der Waals surface area contributed by atoms with Crippen LogP contribution in [0.25, 0.3) is 11.0 Å². The van der Waals surface area contributed by atoms with Crippen molar-refractivity contribution in [3.63, 3.8) is 0 Å². The minimum absolute atomic E-state index is 0.114. The number of nitro groups is 1. The van der Waals surface area contributed by atoms with Crippen LogP contribution in [0.5, 0.6) is 11.6 Å². The summed E-state index contributed by atoms with van der Waals surface area (Å²) in [6.45, 7) is 10.8. The number of methoxy groups -OCH3 is 1. The number of piperidine rings is 1. The van der Waals surface area contributed by atoms with Crippen molar-refractivity contribution < 1.29 is 37.5 Å². The lowest BCUT2D eigenvalue weighted by molar-refractivity contribution is -0.384. The van der Waals surface area contributed by atoms with E-state index in [2.05, 4.69) is 84.0 Å². The van der Waals surface area contributed by atoms with Crippen molar-refractivity contribution in [2.45, 2.75) is 132 Å². The number of aromatic nitrogens is 2. The first kappa shape index (κ1) is 54.5. The van der Waals surface area contributed by atoms with Gasteiger partial charge in [0.05, 0.1) is 46.4 Å². The highest BCUT2D eigenvalue weighted by atomic mass is 32.2. The Kier molecular flexibility index (Phi) is 14.5. The number of piperazine rings is 1. The summed E-state index contributed by atoms with van der Waals surface area (Å²) in [5, 5.41) is 26.9. The predicted molar refractivity (Wildman–Crippen MR) is 315 cm³/mol. The van der Waals surface area contributed by atoms with E-state index in [0.29, 0.717) is 73.9 Å². The first-order valence-corrected chi connectivity index (χ1v) is 31.0. The number of aryl methyl sites for hydroxylation is 1. The van der Waals surface area contributed by atoms with Crippen molar-refractivity contribution in [2.24, 2.45) is 11.3 Å². The molecule has 4 N–H and O–H groups in total. The fourth-order valence-electron chi connectivity index (χ4n) is 14.4. The second kappa shape index (κ2) is 21.8. The number of benzene rings is 4. The van der Waals surface area contributed by atoms with Gasteiger partial charge in [0.2, 0.25) is 5.88 Å². The lowest BCUT2D eigenvalue weighted by atomic mass is 9.59. The first-order valence-electron chi connectivity index (χ1n) is 29.5. The van der Waals surface area contributed by atoms with Crippen LogP contribution in [-0.2, 0) is 21.3 Å². The van der Waals surface area contributed by atoms with Crippen molar-refractivity contribution >= 4 is 55.4 Å². The average Bonchev–Trinajstić information content (AvgIpc) is 4.10. The Bertz CT molecular complexity index is 3510. The van der Waals surface area contributed by atoms with Crippen molar-refractivity contribution in [3.8, 4) is 11.6 Å². The van der Waals surface area contributed by atoms with Crippen LogP contribution < -0.4 is 29.3 Å². The zero-order chi connectivity index (χ0) is 56.5. The maximum atomic E-state index is 14.8. The van der Waals surface area contributed by atoms with Crippen LogP contribution >= 0.6 is 0 Å². The van der Waals surface area contributed by atoms with E-state index in [-0.39, 0.29) is 34.7 Å². The summed E-state index contributed by atoms with van der Waals surface area (Å²) < 4.78 is 49.3. The molecule has 6 aromatic rings. The number of H-pyrrole nitrogens is 1. The molecule has 7 aliphatic rings. The molecule has 1 amide bonds. The number of hydrogen-bond acceptors (Lipinski definition) is 15. The standard InChI is InChI=1S/C63H75N9O9S/c1-40-6-4-5-7-48(40)56-38-68(37-42-8-13-49(43-9-10-43)57(30-42)79-3)27-28-70(56)46-34-63(35-46)22-25-69(26-23-63)45-11-14-50(53(32-45)71-52-19-29-80-39-58(52)81-61-55(71)31-44-18-24-64-59(44)66-61)60(73)67-82(77,78)47-12-15-51(54(33-47)72(75)76)65-36-41-16-20-62(2,74)21-17-41/h4-8,11-15,18,24,30-33,41,43,46,52,56,58,65,74H,9-10,16-17,19-23,25-29,34-39H2,1-3H3,(H,64,66)(H,67,73)/t41?,52-,56-,58-,62?/m0/s1. The Morgan fingerprint density at radius 2 is 1.72 bits per heavy atom. The number of carbonyl (C=O) groups excluding carboxylic acids is 1. The molecular weight excluding hydrogens is 1060 g/mol. The number of hydrogen-bond donors (Lipinski definition) is 4. The molecule has 13 rings (SSSR count). The number of fused-ring (bicyclic) bond motifs is 3. The molecule has 6 fully saturated rings. The molecule has 1 spiro atoms.